The van der Waals surface area contributed by atoms with Crippen molar-refractivity contribution in [3.8, 4) is 17.4 Å². The maximum absolute atomic E-state index is 12.4. The zero-order valence-corrected chi connectivity index (χ0v) is 19.9. The van der Waals surface area contributed by atoms with Crippen molar-refractivity contribution in [3.05, 3.63) is 46.6 Å². The fourth-order valence-corrected chi connectivity index (χ4v) is 4.29. The highest BCUT2D eigenvalue weighted by Gasteiger charge is 2.20. The molecule has 1 fully saturated rings. The van der Waals surface area contributed by atoms with Crippen LogP contribution >= 0.6 is 12.4 Å². The Bertz CT molecular complexity index is 1180. The molecule has 0 atom stereocenters. The van der Waals surface area contributed by atoms with Crippen LogP contribution in [0.4, 0.5) is 0 Å². The number of rotatable bonds is 7. The summed E-state index contributed by atoms with van der Waals surface area (Å²) < 4.78 is 18.1. The highest BCUT2D eigenvalue weighted by atomic mass is 35.5. The average molecular weight is 489 g/mol. The molecule has 0 spiro atoms. The third-order valence-electron chi connectivity index (χ3n) is 6.16. The molecular formula is C23H29ClN6O4. The first-order valence-electron chi connectivity index (χ1n) is 11.3. The lowest BCUT2D eigenvalue weighted by Gasteiger charge is -2.32. The maximum Gasteiger partial charge on any atom is 0.270 e. The third-order valence-corrected chi connectivity index (χ3v) is 6.16. The molecule has 10 nitrogen and oxygen atoms in total. The standard InChI is InChI=1S/C23H28N6O4.ClH/c1-31-21-3-2-18-23(27-21)29(22(30)15-26-18)9-8-28-6-4-16(5-7-28)24-13-17-12-19-20(14-25-17)33-11-10-32-19;/h2-3,12,14-16,24H,4-11,13H2,1H3;1H. The van der Waals surface area contributed by atoms with Crippen molar-refractivity contribution in [1.29, 1.82) is 0 Å². The van der Waals surface area contributed by atoms with Crippen molar-refractivity contribution in [3.63, 3.8) is 0 Å². The van der Waals surface area contributed by atoms with Crippen molar-refractivity contribution in [2.75, 3.05) is 40.0 Å². The second-order valence-electron chi connectivity index (χ2n) is 8.26. The maximum atomic E-state index is 12.4. The van der Waals surface area contributed by atoms with Crippen LogP contribution in [0, 0.1) is 0 Å². The quantitative estimate of drug-likeness (QED) is 0.531. The molecule has 3 aromatic rings. The number of nitrogens with zero attached hydrogens (tertiary/aromatic N) is 5. The molecular weight excluding hydrogens is 460 g/mol. The number of nitrogens with one attached hydrogen (secondary N) is 1. The molecule has 5 rings (SSSR count). The number of methoxy groups -OCH3 is 1. The van der Waals surface area contributed by atoms with Gasteiger partial charge in [-0.15, -0.1) is 12.4 Å². The van der Waals surface area contributed by atoms with Gasteiger partial charge in [0, 0.05) is 37.8 Å². The summed E-state index contributed by atoms with van der Waals surface area (Å²) in [6, 6.07) is 5.97. The van der Waals surface area contributed by atoms with Gasteiger partial charge in [-0.1, -0.05) is 0 Å². The molecule has 0 radical (unpaired) electrons. The van der Waals surface area contributed by atoms with Crippen LogP contribution in [0.25, 0.3) is 11.2 Å². The van der Waals surface area contributed by atoms with E-state index in [1.54, 1.807) is 23.9 Å². The Morgan fingerprint density at radius 3 is 2.68 bits per heavy atom. The van der Waals surface area contributed by atoms with Crippen LogP contribution in [0.5, 0.6) is 17.4 Å². The summed E-state index contributed by atoms with van der Waals surface area (Å²) in [4.78, 5) is 27.9. The molecule has 0 saturated carbocycles. The van der Waals surface area contributed by atoms with Crippen LogP contribution in [0.3, 0.4) is 0 Å². The first kappa shape index (κ1) is 24.2. The molecule has 11 heteroatoms. The van der Waals surface area contributed by atoms with Gasteiger partial charge in [0.1, 0.15) is 18.7 Å². The highest BCUT2D eigenvalue weighted by Crippen LogP contribution is 2.29. The van der Waals surface area contributed by atoms with Gasteiger partial charge in [0.15, 0.2) is 17.1 Å². The third kappa shape index (κ3) is 5.40. The molecule has 1 N–H and O–H groups in total. The monoisotopic (exact) mass is 488 g/mol. The number of hydrogen-bond donors (Lipinski definition) is 1. The summed E-state index contributed by atoms with van der Waals surface area (Å²) in [5, 5.41) is 3.61. The smallest absolute Gasteiger partial charge is 0.270 e. The summed E-state index contributed by atoms with van der Waals surface area (Å²) in [7, 11) is 1.56. The lowest BCUT2D eigenvalue weighted by Crippen LogP contribution is -2.43. The number of piperidine rings is 1. The first-order chi connectivity index (χ1) is 16.2. The lowest BCUT2D eigenvalue weighted by molar-refractivity contribution is 0.170. The van der Waals surface area contributed by atoms with Gasteiger partial charge in [0.05, 0.1) is 25.2 Å². The summed E-state index contributed by atoms with van der Waals surface area (Å²) in [5.41, 5.74) is 2.05. The zero-order chi connectivity index (χ0) is 22.6. The van der Waals surface area contributed by atoms with Crippen molar-refractivity contribution >= 4 is 23.6 Å². The molecule has 5 heterocycles. The van der Waals surface area contributed by atoms with Crippen molar-refractivity contribution < 1.29 is 14.2 Å². The second-order valence-corrected chi connectivity index (χ2v) is 8.26. The Morgan fingerprint density at radius 1 is 1.09 bits per heavy atom. The Kier molecular flexibility index (Phi) is 7.81. The van der Waals surface area contributed by atoms with E-state index in [-0.39, 0.29) is 18.0 Å². The van der Waals surface area contributed by atoms with E-state index in [2.05, 4.69) is 25.2 Å². The number of likely N-dealkylation sites (tertiary alicyclic amines) is 1. The fourth-order valence-electron chi connectivity index (χ4n) is 4.29. The van der Waals surface area contributed by atoms with Crippen LogP contribution < -0.4 is 25.1 Å². The molecule has 0 aromatic carbocycles. The number of halogens is 1. The Hall–Kier alpha value is -2.95. The van der Waals surface area contributed by atoms with Crippen LogP contribution in [-0.4, -0.2) is 70.4 Å². The minimum Gasteiger partial charge on any atom is -0.486 e. The molecule has 0 aliphatic carbocycles. The lowest BCUT2D eigenvalue weighted by atomic mass is 10.0. The average Bonchev–Trinajstić information content (AvgIpc) is 2.87. The van der Waals surface area contributed by atoms with Gasteiger partial charge in [-0.3, -0.25) is 14.3 Å². The van der Waals surface area contributed by atoms with E-state index in [9.17, 15) is 4.79 Å². The van der Waals surface area contributed by atoms with Crippen LogP contribution in [-0.2, 0) is 13.1 Å². The van der Waals surface area contributed by atoms with E-state index in [1.807, 2.05) is 12.1 Å². The molecule has 1 saturated heterocycles. The largest absolute Gasteiger partial charge is 0.486 e. The molecule has 2 aliphatic heterocycles. The van der Waals surface area contributed by atoms with E-state index in [0.29, 0.717) is 55.1 Å². The van der Waals surface area contributed by atoms with E-state index in [1.165, 1.54) is 6.20 Å². The molecule has 182 valence electrons. The normalized spacial score (nSPS) is 16.3. The topological polar surface area (TPSA) is 104 Å². The van der Waals surface area contributed by atoms with Crippen LogP contribution in [0.1, 0.15) is 18.5 Å². The van der Waals surface area contributed by atoms with Gasteiger partial charge < -0.3 is 24.4 Å². The van der Waals surface area contributed by atoms with E-state index < -0.39 is 0 Å². The van der Waals surface area contributed by atoms with Gasteiger partial charge in [-0.2, -0.15) is 4.98 Å². The molecule has 2 aliphatic rings. The molecule has 0 bridgehead atoms. The number of aromatic nitrogens is 4. The minimum atomic E-state index is -0.147. The Balaban J connectivity index is 0.00000274. The summed E-state index contributed by atoms with van der Waals surface area (Å²) in [6.45, 7) is 5.15. The summed E-state index contributed by atoms with van der Waals surface area (Å²) in [5.74, 6) is 1.96. The van der Waals surface area contributed by atoms with Crippen molar-refractivity contribution in [2.24, 2.45) is 0 Å². The van der Waals surface area contributed by atoms with E-state index in [0.717, 1.165) is 43.9 Å². The zero-order valence-electron chi connectivity index (χ0n) is 19.1. The van der Waals surface area contributed by atoms with Crippen LogP contribution in [0.2, 0.25) is 0 Å². The van der Waals surface area contributed by atoms with Gasteiger partial charge in [-0.25, -0.2) is 4.98 Å². The van der Waals surface area contributed by atoms with Crippen LogP contribution in [0.15, 0.2) is 35.4 Å². The van der Waals surface area contributed by atoms with Crippen molar-refractivity contribution in [1.82, 2.24) is 29.7 Å². The predicted molar refractivity (Wildman–Crippen MR) is 129 cm³/mol. The minimum absolute atomic E-state index is 0. The molecule has 0 unspecified atom stereocenters. The number of fused-ring (bicyclic) bond motifs is 2. The first-order valence-corrected chi connectivity index (χ1v) is 11.3. The number of ether oxygens (including phenoxy) is 3. The Labute approximate surface area is 203 Å². The summed E-state index contributed by atoms with van der Waals surface area (Å²) in [6.07, 6.45) is 5.19. The van der Waals surface area contributed by atoms with Crippen molar-refractivity contribution in [2.45, 2.75) is 32.0 Å². The van der Waals surface area contributed by atoms with Gasteiger partial charge >= 0.3 is 0 Å². The number of pyridine rings is 2. The second kappa shape index (κ2) is 11.0. The van der Waals surface area contributed by atoms with E-state index >= 15 is 0 Å². The number of hydrogen-bond acceptors (Lipinski definition) is 9. The van der Waals surface area contributed by atoms with Gasteiger partial charge in [0.2, 0.25) is 5.88 Å². The summed E-state index contributed by atoms with van der Waals surface area (Å²) >= 11 is 0. The van der Waals surface area contributed by atoms with E-state index in [4.69, 9.17) is 14.2 Å². The molecule has 0 amide bonds. The Morgan fingerprint density at radius 2 is 1.88 bits per heavy atom. The van der Waals surface area contributed by atoms with Gasteiger partial charge in [0.25, 0.3) is 5.56 Å². The molecule has 3 aromatic heterocycles. The van der Waals surface area contributed by atoms with Gasteiger partial charge in [-0.05, 0) is 32.0 Å². The predicted octanol–water partition coefficient (Wildman–Crippen LogP) is 1.64. The highest BCUT2D eigenvalue weighted by molar-refractivity contribution is 5.85. The molecule has 34 heavy (non-hydrogen) atoms. The SMILES string of the molecule is COc1ccc2ncc(=O)n(CCN3CCC(NCc4cc5c(cn4)OCCO5)CC3)c2n1.Cl. The fraction of sp³-hybridized carbons (Fsp3) is 0.478.